The minimum Gasteiger partial charge on any atom is -0.470 e. The average molecular weight is 563 g/mol. The zero-order valence-electron chi connectivity index (χ0n) is 25.2. The first kappa shape index (κ1) is 30.3. The van der Waals surface area contributed by atoms with Crippen molar-refractivity contribution in [2.45, 2.75) is 109 Å². The molecule has 2 radical (unpaired) electrons. The quantitative estimate of drug-likeness (QED) is 0.134. The molecule has 5 rings (SSSR count). The molecule has 0 bridgehead atoms. The Bertz CT molecular complexity index is 1410. The fourth-order valence-electron chi connectivity index (χ4n) is 7.32. The summed E-state index contributed by atoms with van der Waals surface area (Å²) in [5, 5.41) is 0. The molecule has 0 saturated heterocycles. The van der Waals surface area contributed by atoms with Crippen LogP contribution in [0.2, 0.25) is 0 Å². The van der Waals surface area contributed by atoms with Gasteiger partial charge in [0.2, 0.25) is 5.78 Å². The predicted molar refractivity (Wildman–Crippen MR) is 168 cm³/mol. The van der Waals surface area contributed by atoms with Gasteiger partial charge in [-0.2, -0.15) is 0 Å². The smallest absolute Gasteiger partial charge is 0.205 e. The Hall–Kier alpha value is -3.21. The van der Waals surface area contributed by atoms with Crippen molar-refractivity contribution in [1.29, 1.82) is 0 Å². The average Bonchev–Trinajstić information content (AvgIpc) is 3.44. The van der Waals surface area contributed by atoms with Crippen LogP contribution < -0.4 is 5.66 Å². The largest absolute Gasteiger partial charge is 0.470 e. The van der Waals surface area contributed by atoms with Crippen LogP contribution >= 0.6 is 0 Å². The number of hydrogen-bond donors (Lipinski definition) is 0. The van der Waals surface area contributed by atoms with Gasteiger partial charge >= 0.3 is 0 Å². The fraction of sp³-hybridized carbons (Fsp3) is 0.486. The third-order valence-corrected chi connectivity index (χ3v) is 9.78. The summed E-state index contributed by atoms with van der Waals surface area (Å²) in [6.45, 7) is 4.11. The molecule has 2 aromatic carbocycles. The number of hydrogen-bond acceptors (Lipinski definition) is 4. The van der Waals surface area contributed by atoms with Crippen molar-refractivity contribution in [3.05, 3.63) is 88.2 Å². The van der Waals surface area contributed by atoms with Gasteiger partial charge in [0.25, 0.3) is 0 Å². The highest BCUT2D eigenvalue weighted by Gasteiger charge is 2.30. The van der Waals surface area contributed by atoms with Crippen LogP contribution in [0.15, 0.2) is 59.0 Å². The Kier molecular flexibility index (Phi) is 9.97. The van der Waals surface area contributed by atoms with Gasteiger partial charge in [-0.3, -0.25) is 14.4 Å². The molecule has 5 heteroatoms. The van der Waals surface area contributed by atoms with Gasteiger partial charge < -0.3 is 4.42 Å². The van der Waals surface area contributed by atoms with E-state index >= 15 is 0 Å². The van der Waals surface area contributed by atoms with Crippen LogP contribution in [0, 0.1) is 12.8 Å². The molecule has 42 heavy (non-hydrogen) atoms. The lowest BCUT2D eigenvalue weighted by Gasteiger charge is -2.32. The fourth-order valence-corrected chi connectivity index (χ4v) is 7.32. The van der Waals surface area contributed by atoms with E-state index in [0.717, 1.165) is 69.8 Å². The van der Waals surface area contributed by atoms with E-state index in [2.05, 4.69) is 37.3 Å². The van der Waals surface area contributed by atoms with Crippen molar-refractivity contribution in [1.82, 2.24) is 0 Å². The summed E-state index contributed by atoms with van der Waals surface area (Å²) in [6, 6.07) is 18.0. The monoisotopic (exact) mass is 562 g/mol. The van der Waals surface area contributed by atoms with E-state index in [1.165, 1.54) is 16.7 Å². The first-order valence-electron chi connectivity index (χ1n) is 15.9. The maximum absolute atomic E-state index is 13.5. The molecule has 218 valence electrons. The molecule has 2 aliphatic carbocycles. The molecule has 4 nitrogen and oxygen atoms in total. The Morgan fingerprint density at radius 3 is 2.36 bits per heavy atom. The topological polar surface area (TPSA) is 64.3 Å². The van der Waals surface area contributed by atoms with E-state index in [-0.39, 0.29) is 23.0 Å². The van der Waals surface area contributed by atoms with E-state index in [4.69, 9.17) is 12.3 Å². The van der Waals surface area contributed by atoms with E-state index in [0.29, 0.717) is 41.9 Å². The SMILES string of the molecule is [B]c1ccc(C(=O)C(C)c2cc(C(=O)CCCCC3CCCC(=O)C3)ccc2C2CCC(c3ccccc3C)CC2)o1. The van der Waals surface area contributed by atoms with Gasteiger partial charge in [0.1, 0.15) is 5.78 Å². The lowest BCUT2D eigenvalue weighted by atomic mass is 9.73. The van der Waals surface area contributed by atoms with Crippen LogP contribution in [-0.4, -0.2) is 25.2 Å². The first-order valence-corrected chi connectivity index (χ1v) is 15.9. The Labute approximate surface area is 252 Å². The van der Waals surface area contributed by atoms with Gasteiger partial charge in [0.05, 0.1) is 0 Å². The standard InChI is InChI=1S/C37H43BO4/c1-24-8-3-5-12-31(24)27-14-16-28(17-15-27)32-19-18-29(23-33(32)25(2)37(41)35-20-21-36(38)42-35)34(40)13-6-4-9-26-10-7-11-30(39)22-26/h3,5,8,12,18-21,23,25-28H,4,6-7,9-11,13-17,22H2,1-2H3. The first-order chi connectivity index (χ1) is 20.3. The second-order valence-electron chi connectivity index (χ2n) is 12.7. The number of carbonyl (C=O) groups is 3. The molecular formula is C37H43BO4. The van der Waals surface area contributed by atoms with E-state index in [1.54, 1.807) is 12.1 Å². The lowest BCUT2D eigenvalue weighted by Crippen LogP contribution is -2.18. The summed E-state index contributed by atoms with van der Waals surface area (Å²) in [5.41, 5.74) is 5.81. The highest BCUT2D eigenvalue weighted by Crippen LogP contribution is 2.43. The molecule has 2 fully saturated rings. The summed E-state index contributed by atoms with van der Waals surface area (Å²) >= 11 is 0. The van der Waals surface area contributed by atoms with Gasteiger partial charge in [-0.15, -0.1) is 0 Å². The highest BCUT2D eigenvalue weighted by molar-refractivity contribution is 6.30. The summed E-state index contributed by atoms with van der Waals surface area (Å²) < 4.78 is 5.49. The van der Waals surface area contributed by atoms with Crippen molar-refractivity contribution >= 4 is 30.9 Å². The normalized spacial score (nSPS) is 21.7. The second kappa shape index (κ2) is 13.8. The molecule has 0 spiro atoms. The van der Waals surface area contributed by atoms with Crippen molar-refractivity contribution in [2.24, 2.45) is 5.92 Å². The molecule has 0 aliphatic heterocycles. The van der Waals surface area contributed by atoms with Crippen LogP contribution in [0.5, 0.6) is 0 Å². The molecule has 0 N–H and O–H groups in total. The highest BCUT2D eigenvalue weighted by atomic mass is 16.3. The van der Waals surface area contributed by atoms with Gasteiger partial charge in [0.15, 0.2) is 19.4 Å². The Morgan fingerprint density at radius 2 is 1.67 bits per heavy atom. The summed E-state index contributed by atoms with van der Waals surface area (Å²) in [7, 11) is 5.77. The predicted octanol–water partition coefficient (Wildman–Crippen LogP) is 8.31. The van der Waals surface area contributed by atoms with E-state index in [1.807, 2.05) is 19.1 Å². The maximum atomic E-state index is 13.5. The number of benzene rings is 2. The molecule has 2 saturated carbocycles. The Balaban J connectivity index is 1.30. The molecule has 2 aliphatic rings. The van der Waals surface area contributed by atoms with Crippen molar-refractivity contribution in [3.8, 4) is 0 Å². The number of ketones is 3. The van der Waals surface area contributed by atoms with Crippen LogP contribution in [0.3, 0.4) is 0 Å². The molecule has 1 heterocycles. The number of rotatable bonds is 11. The number of unbranched alkanes of at least 4 members (excludes halogenated alkanes) is 1. The molecule has 2 atom stereocenters. The number of furan rings is 1. The molecule has 1 aromatic heterocycles. The van der Waals surface area contributed by atoms with Crippen LogP contribution in [0.1, 0.15) is 145 Å². The van der Waals surface area contributed by atoms with E-state index in [9.17, 15) is 14.4 Å². The van der Waals surface area contributed by atoms with Gasteiger partial charge in [0, 0.05) is 36.4 Å². The van der Waals surface area contributed by atoms with Gasteiger partial charge in [-0.1, -0.05) is 56.2 Å². The second-order valence-corrected chi connectivity index (χ2v) is 12.7. The summed E-state index contributed by atoms with van der Waals surface area (Å²) in [4.78, 5) is 38.6. The van der Waals surface area contributed by atoms with Crippen LogP contribution in [0.4, 0.5) is 0 Å². The minimum atomic E-state index is -0.448. The molecular weight excluding hydrogens is 519 g/mol. The number of carbonyl (C=O) groups excluding carboxylic acids is 3. The van der Waals surface area contributed by atoms with Gasteiger partial charge in [-0.05, 0) is 110 Å². The molecule has 3 aromatic rings. The zero-order valence-corrected chi connectivity index (χ0v) is 25.2. The third kappa shape index (κ3) is 7.22. The minimum absolute atomic E-state index is 0.117. The number of aryl methyl sites for hydroxylation is 1. The van der Waals surface area contributed by atoms with Crippen LogP contribution in [-0.2, 0) is 4.79 Å². The van der Waals surface area contributed by atoms with E-state index < -0.39 is 5.92 Å². The van der Waals surface area contributed by atoms with Crippen molar-refractivity contribution in [3.63, 3.8) is 0 Å². The summed E-state index contributed by atoms with van der Waals surface area (Å²) in [6.07, 6.45) is 11.2. The summed E-state index contributed by atoms with van der Waals surface area (Å²) in [5.74, 6) is 1.59. The van der Waals surface area contributed by atoms with Crippen molar-refractivity contribution < 1.29 is 18.8 Å². The van der Waals surface area contributed by atoms with Gasteiger partial charge in [-0.25, -0.2) is 0 Å². The Morgan fingerprint density at radius 1 is 0.929 bits per heavy atom. The van der Waals surface area contributed by atoms with Crippen molar-refractivity contribution in [2.75, 3.05) is 0 Å². The van der Waals surface area contributed by atoms with Crippen LogP contribution in [0.25, 0.3) is 0 Å². The zero-order chi connectivity index (χ0) is 29.6. The lowest BCUT2D eigenvalue weighted by molar-refractivity contribution is -0.121. The number of Topliss-reactive ketones (excluding diaryl/α,β-unsaturated/α-hetero) is 3. The molecule has 0 amide bonds. The third-order valence-electron chi connectivity index (χ3n) is 9.78. The maximum Gasteiger partial charge on any atom is 0.205 e. The molecule has 2 unspecified atom stereocenters.